The average molecular weight is 703 g/mol. The quantitative estimate of drug-likeness (QED) is 0.183. The van der Waals surface area contributed by atoms with E-state index in [1.165, 1.54) is 21.8 Å². The predicted molar refractivity (Wildman–Crippen MR) is 225 cm³/mol. The molecule has 0 bridgehead atoms. The first-order valence-corrected chi connectivity index (χ1v) is 18.5. The summed E-state index contributed by atoms with van der Waals surface area (Å²) >= 11 is 0. The third kappa shape index (κ3) is 4.46. The Balaban J connectivity index is 1.13. The molecule has 12 aromatic rings. The van der Waals surface area contributed by atoms with E-state index in [1.807, 2.05) is 18.2 Å². The van der Waals surface area contributed by atoms with E-state index in [-0.39, 0.29) is 0 Å². The van der Waals surface area contributed by atoms with Crippen LogP contribution < -0.4 is 0 Å². The van der Waals surface area contributed by atoms with Crippen LogP contribution in [0.5, 0.6) is 0 Å². The second-order valence-corrected chi connectivity index (χ2v) is 14.1. The highest BCUT2D eigenvalue weighted by atomic mass is 15.2. The molecule has 55 heavy (non-hydrogen) atoms. The Morgan fingerprint density at radius 2 is 0.945 bits per heavy atom. The zero-order chi connectivity index (χ0) is 36.0. The number of rotatable bonds is 4. The van der Waals surface area contributed by atoms with Crippen LogP contribution in [-0.2, 0) is 0 Å². The smallest absolute Gasteiger partial charge is 0.235 e. The highest BCUT2D eigenvalue weighted by molar-refractivity contribution is 6.13. The lowest BCUT2D eigenvalue weighted by Crippen LogP contribution is -2.03. The summed E-state index contributed by atoms with van der Waals surface area (Å²) in [6.45, 7) is 0. The molecule has 0 aliphatic heterocycles. The summed E-state index contributed by atoms with van der Waals surface area (Å²) in [5.41, 5.74) is 13.6. The molecule has 12 rings (SSSR count). The topological polar surface area (TPSA) is 52.9 Å². The van der Waals surface area contributed by atoms with Crippen LogP contribution >= 0.6 is 0 Å². The normalized spacial score (nSPS) is 12.0. The molecule has 7 aromatic carbocycles. The molecule has 0 radical (unpaired) electrons. The number of aromatic nitrogens is 6. The zero-order valence-electron chi connectivity index (χ0n) is 29.5. The number of pyridine rings is 1. The summed E-state index contributed by atoms with van der Waals surface area (Å²) in [6.07, 6.45) is 2.23. The third-order valence-electron chi connectivity index (χ3n) is 11.1. The summed E-state index contributed by atoms with van der Waals surface area (Å²) in [5.74, 6) is 0.626. The summed E-state index contributed by atoms with van der Waals surface area (Å²) in [6, 6.07) is 62.1. The van der Waals surface area contributed by atoms with Gasteiger partial charge in [0, 0.05) is 50.4 Å². The van der Waals surface area contributed by atoms with Crippen LogP contribution in [0.25, 0.3) is 105 Å². The van der Waals surface area contributed by atoms with Crippen molar-refractivity contribution < 1.29 is 0 Å². The number of hydrogen-bond donors (Lipinski definition) is 0. The Bertz CT molecular complexity index is 3480. The van der Waals surface area contributed by atoms with Crippen LogP contribution in [0.4, 0.5) is 0 Å². The van der Waals surface area contributed by atoms with Crippen molar-refractivity contribution >= 4 is 71.2 Å². The van der Waals surface area contributed by atoms with E-state index in [9.17, 15) is 0 Å². The maximum absolute atomic E-state index is 5.33. The lowest BCUT2D eigenvalue weighted by Gasteiger charge is -2.12. The second kappa shape index (κ2) is 11.5. The fourth-order valence-corrected chi connectivity index (χ4v) is 8.55. The number of para-hydroxylation sites is 5. The van der Waals surface area contributed by atoms with Crippen molar-refractivity contribution in [2.24, 2.45) is 0 Å². The molecule has 0 fully saturated rings. The molecular weight excluding hydrogens is 673 g/mol. The van der Waals surface area contributed by atoms with Gasteiger partial charge in [-0.25, -0.2) is 15.0 Å². The molecular formula is C49H30N6. The van der Waals surface area contributed by atoms with Crippen LogP contribution in [0, 0.1) is 0 Å². The fraction of sp³-hybridized carbons (Fsp3) is 0. The minimum Gasteiger partial charge on any atom is -0.309 e. The van der Waals surface area contributed by atoms with Crippen molar-refractivity contribution in [3.8, 4) is 34.0 Å². The van der Waals surface area contributed by atoms with E-state index < -0.39 is 0 Å². The van der Waals surface area contributed by atoms with Crippen molar-refractivity contribution in [2.45, 2.75) is 0 Å². The maximum Gasteiger partial charge on any atom is 0.235 e. The van der Waals surface area contributed by atoms with E-state index in [0.717, 1.165) is 77.5 Å². The Hall–Kier alpha value is -7.57. The Labute approximate surface area is 314 Å². The number of benzene rings is 7. The first kappa shape index (κ1) is 29.9. The first-order valence-electron chi connectivity index (χ1n) is 18.5. The lowest BCUT2D eigenvalue weighted by atomic mass is 10.0. The van der Waals surface area contributed by atoms with Gasteiger partial charge in [-0.3, -0.25) is 8.97 Å². The molecule has 0 N–H and O–H groups in total. The monoisotopic (exact) mass is 702 g/mol. The molecule has 0 unspecified atom stereocenters. The van der Waals surface area contributed by atoms with E-state index >= 15 is 0 Å². The van der Waals surface area contributed by atoms with Gasteiger partial charge >= 0.3 is 0 Å². The maximum atomic E-state index is 5.33. The minimum absolute atomic E-state index is 0.626. The van der Waals surface area contributed by atoms with Gasteiger partial charge in [-0.1, -0.05) is 109 Å². The van der Waals surface area contributed by atoms with Crippen LogP contribution in [0.3, 0.4) is 0 Å². The molecule has 0 saturated heterocycles. The van der Waals surface area contributed by atoms with Crippen LogP contribution in [0.1, 0.15) is 0 Å². The fourth-order valence-electron chi connectivity index (χ4n) is 8.55. The van der Waals surface area contributed by atoms with E-state index in [1.54, 1.807) is 0 Å². The molecule has 0 atom stereocenters. The van der Waals surface area contributed by atoms with E-state index in [4.69, 9.17) is 15.0 Å². The van der Waals surface area contributed by atoms with Gasteiger partial charge in [0.05, 0.1) is 44.3 Å². The molecule has 0 saturated carbocycles. The van der Waals surface area contributed by atoms with Crippen molar-refractivity contribution in [2.75, 3.05) is 0 Å². The molecule has 5 aromatic heterocycles. The molecule has 0 amide bonds. The van der Waals surface area contributed by atoms with E-state index in [0.29, 0.717) is 5.95 Å². The van der Waals surface area contributed by atoms with Gasteiger partial charge in [0.25, 0.3) is 0 Å². The molecule has 0 aliphatic rings. The average Bonchev–Trinajstić information content (AvgIpc) is 3.89. The van der Waals surface area contributed by atoms with Crippen molar-refractivity contribution in [1.29, 1.82) is 0 Å². The summed E-state index contributed by atoms with van der Waals surface area (Å²) in [4.78, 5) is 15.6. The van der Waals surface area contributed by atoms with Gasteiger partial charge in [-0.15, -0.1) is 0 Å². The zero-order valence-corrected chi connectivity index (χ0v) is 29.5. The highest BCUT2D eigenvalue weighted by Crippen LogP contribution is 2.39. The van der Waals surface area contributed by atoms with Gasteiger partial charge in [0.1, 0.15) is 5.65 Å². The first-order chi connectivity index (χ1) is 27.3. The van der Waals surface area contributed by atoms with Crippen molar-refractivity contribution in [1.82, 2.24) is 28.5 Å². The largest absolute Gasteiger partial charge is 0.309 e. The number of fused-ring (bicyclic) bond motifs is 10. The number of nitrogens with zero attached hydrogens (tertiary/aromatic N) is 6. The molecule has 0 spiro atoms. The molecule has 6 nitrogen and oxygen atoms in total. The van der Waals surface area contributed by atoms with Crippen LogP contribution in [0.15, 0.2) is 182 Å². The SMILES string of the molecule is c1ccc(-c2nc(-n3c4ccc(-c5ccc6c(c5)c5ccccc5n6-c5ccccc5)cc4c4cn5c(cc43)nc3ccccc35)nc3ccccc23)cc1. The van der Waals surface area contributed by atoms with Crippen LogP contribution in [0.2, 0.25) is 0 Å². The number of hydrogen-bond acceptors (Lipinski definition) is 3. The lowest BCUT2D eigenvalue weighted by molar-refractivity contribution is 1.01. The second-order valence-electron chi connectivity index (χ2n) is 14.1. The van der Waals surface area contributed by atoms with Gasteiger partial charge in [-0.05, 0) is 71.8 Å². The van der Waals surface area contributed by atoms with E-state index in [2.05, 4.69) is 177 Å². The Morgan fingerprint density at radius 1 is 0.345 bits per heavy atom. The van der Waals surface area contributed by atoms with Gasteiger partial charge in [0.2, 0.25) is 5.95 Å². The van der Waals surface area contributed by atoms with Gasteiger partial charge < -0.3 is 4.57 Å². The minimum atomic E-state index is 0.626. The summed E-state index contributed by atoms with van der Waals surface area (Å²) in [7, 11) is 0. The summed E-state index contributed by atoms with van der Waals surface area (Å²) < 4.78 is 6.78. The molecule has 0 aliphatic carbocycles. The Kier molecular flexibility index (Phi) is 6.24. The highest BCUT2D eigenvalue weighted by Gasteiger charge is 2.20. The Morgan fingerprint density at radius 3 is 1.73 bits per heavy atom. The van der Waals surface area contributed by atoms with Gasteiger partial charge in [0.15, 0.2) is 0 Å². The molecule has 256 valence electrons. The molecule has 5 heterocycles. The van der Waals surface area contributed by atoms with Crippen molar-refractivity contribution in [3.05, 3.63) is 182 Å². The standard InChI is InChI=1S/C49H30N6/c1-3-13-31(14-4-1)48-36-18-7-9-19-40(36)51-49(52-48)55-44-26-24-33(28-38(44)39-30-53-45-22-12-10-20-41(45)50-47(53)29-46(39)55)32-23-25-43-37(27-32)35-17-8-11-21-42(35)54(43)34-15-5-2-6-16-34/h1-30H. The third-order valence-corrected chi connectivity index (χ3v) is 11.1. The van der Waals surface area contributed by atoms with Gasteiger partial charge in [-0.2, -0.15) is 0 Å². The summed E-state index contributed by atoms with van der Waals surface area (Å²) in [5, 5.41) is 5.71. The molecule has 6 heteroatoms. The predicted octanol–water partition coefficient (Wildman–Crippen LogP) is 12.0. The van der Waals surface area contributed by atoms with Crippen molar-refractivity contribution in [3.63, 3.8) is 0 Å². The number of imidazole rings is 1. The van der Waals surface area contributed by atoms with Crippen LogP contribution in [-0.4, -0.2) is 28.5 Å².